The molecule has 30 heavy (non-hydrogen) atoms. The van der Waals surface area contributed by atoms with Gasteiger partial charge in [0, 0.05) is 38.5 Å². The number of likely N-dealkylation sites (N-methyl/N-ethyl adjacent to an activating group) is 2. The van der Waals surface area contributed by atoms with Crippen LogP contribution in [0.3, 0.4) is 0 Å². The van der Waals surface area contributed by atoms with E-state index in [-0.39, 0.29) is 23.7 Å². The standard InChI is InChI=1S/C26H36N2O.ClH/c1-27(19-16-23-12-6-3-7-13-23)20-21-28(2)25(29)22-26(17-10-5-11-18-26)24-14-8-4-9-15-24;/h3-4,6-9,12-15H,5,10-11,16-22H2,1-2H3;1H. The molecule has 0 spiro atoms. The molecule has 0 bridgehead atoms. The molecule has 4 heteroatoms. The summed E-state index contributed by atoms with van der Waals surface area (Å²) >= 11 is 0. The maximum absolute atomic E-state index is 13.1. The maximum atomic E-state index is 13.1. The molecule has 0 saturated heterocycles. The van der Waals surface area contributed by atoms with Crippen LogP contribution in [-0.2, 0) is 16.6 Å². The van der Waals surface area contributed by atoms with Crippen molar-refractivity contribution in [3.05, 3.63) is 71.8 Å². The summed E-state index contributed by atoms with van der Waals surface area (Å²) in [6, 6.07) is 21.3. The van der Waals surface area contributed by atoms with Crippen LogP contribution in [0.2, 0.25) is 0 Å². The van der Waals surface area contributed by atoms with Gasteiger partial charge < -0.3 is 9.80 Å². The molecule has 1 saturated carbocycles. The Kier molecular flexibility index (Phi) is 9.87. The Morgan fingerprint density at radius 3 is 2.07 bits per heavy atom. The number of rotatable bonds is 9. The summed E-state index contributed by atoms with van der Waals surface area (Å²) < 4.78 is 0. The summed E-state index contributed by atoms with van der Waals surface area (Å²) in [6.07, 6.45) is 7.71. The molecule has 0 heterocycles. The van der Waals surface area contributed by atoms with Crippen LogP contribution in [0.1, 0.15) is 49.7 Å². The summed E-state index contributed by atoms with van der Waals surface area (Å²) in [6.45, 7) is 2.71. The molecule has 1 amide bonds. The van der Waals surface area contributed by atoms with Gasteiger partial charge in [0.2, 0.25) is 5.91 Å². The van der Waals surface area contributed by atoms with Gasteiger partial charge >= 0.3 is 0 Å². The molecule has 3 nitrogen and oxygen atoms in total. The van der Waals surface area contributed by atoms with E-state index in [1.54, 1.807) is 0 Å². The summed E-state index contributed by atoms with van der Waals surface area (Å²) in [7, 11) is 4.11. The highest BCUT2D eigenvalue weighted by atomic mass is 35.5. The van der Waals surface area contributed by atoms with Gasteiger partial charge in [0.25, 0.3) is 0 Å². The Bertz CT molecular complexity index is 744. The predicted octanol–water partition coefficient (Wildman–Crippen LogP) is 5.33. The molecule has 0 unspecified atom stereocenters. The van der Waals surface area contributed by atoms with Crippen LogP contribution in [0.5, 0.6) is 0 Å². The lowest BCUT2D eigenvalue weighted by molar-refractivity contribution is -0.131. The lowest BCUT2D eigenvalue weighted by Gasteiger charge is -2.38. The number of benzene rings is 2. The predicted molar refractivity (Wildman–Crippen MR) is 128 cm³/mol. The lowest BCUT2D eigenvalue weighted by Crippen LogP contribution is -2.40. The molecule has 0 aliphatic heterocycles. The van der Waals surface area contributed by atoms with Crippen molar-refractivity contribution in [3.8, 4) is 0 Å². The fraction of sp³-hybridized carbons (Fsp3) is 0.500. The quantitative estimate of drug-likeness (QED) is 0.538. The van der Waals surface area contributed by atoms with Crippen LogP contribution < -0.4 is 0 Å². The molecular weight excluding hydrogens is 392 g/mol. The van der Waals surface area contributed by atoms with E-state index >= 15 is 0 Å². The van der Waals surface area contributed by atoms with Crippen LogP contribution in [0.4, 0.5) is 0 Å². The minimum absolute atomic E-state index is 0. The first-order valence-electron chi connectivity index (χ1n) is 11.1. The van der Waals surface area contributed by atoms with Gasteiger partial charge in [-0.3, -0.25) is 4.79 Å². The molecule has 0 aromatic heterocycles. The number of nitrogens with zero attached hydrogens (tertiary/aromatic N) is 2. The molecule has 1 aliphatic carbocycles. The average molecular weight is 429 g/mol. The maximum Gasteiger partial charge on any atom is 0.223 e. The van der Waals surface area contributed by atoms with Gasteiger partial charge in [0.1, 0.15) is 0 Å². The van der Waals surface area contributed by atoms with E-state index in [9.17, 15) is 4.79 Å². The molecular formula is C26H37ClN2O. The Balaban J connectivity index is 0.00000320. The first-order chi connectivity index (χ1) is 14.1. The van der Waals surface area contributed by atoms with Crippen molar-refractivity contribution >= 4 is 18.3 Å². The molecule has 0 radical (unpaired) electrons. The van der Waals surface area contributed by atoms with Gasteiger partial charge in [-0.25, -0.2) is 0 Å². The fourth-order valence-electron chi connectivity index (χ4n) is 4.53. The Hall–Kier alpha value is -1.84. The van der Waals surface area contributed by atoms with E-state index < -0.39 is 0 Å². The van der Waals surface area contributed by atoms with Crippen molar-refractivity contribution < 1.29 is 4.79 Å². The molecule has 3 rings (SSSR count). The monoisotopic (exact) mass is 428 g/mol. The number of hydrogen-bond donors (Lipinski definition) is 0. The highest BCUT2D eigenvalue weighted by molar-refractivity contribution is 5.85. The highest BCUT2D eigenvalue weighted by Gasteiger charge is 2.36. The number of carbonyl (C=O) groups excluding carboxylic acids is 1. The smallest absolute Gasteiger partial charge is 0.223 e. The highest BCUT2D eigenvalue weighted by Crippen LogP contribution is 2.42. The van der Waals surface area contributed by atoms with Crippen molar-refractivity contribution in [3.63, 3.8) is 0 Å². The van der Waals surface area contributed by atoms with Crippen molar-refractivity contribution in [1.29, 1.82) is 0 Å². The van der Waals surface area contributed by atoms with E-state index in [2.05, 4.69) is 72.6 Å². The van der Waals surface area contributed by atoms with Crippen molar-refractivity contribution in [2.24, 2.45) is 0 Å². The van der Waals surface area contributed by atoms with Crippen LogP contribution in [0.25, 0.3) is 0 Å². The van der Waals surface area contributed by atoms with Crippen molar-refractivity contribution in [2.75, 3.05) is 33.7 Å². The van der Waals surface area contributed by atoms with Crippen molar-refractivity contribution in [1.82, 2.24) is 9.80 Å². The molecule has 0 atom stereocenters. The first-order valence-corrected chi connectivity index (χ1v) is 11.1. The number of halogens is 1. The third-order valence-corrected chi connectivity index (χ3v) is 6.55. The van der Waals surface area contributed by atoms with Gasteiger partial charge in [0.15, 0.2) is 0 Å². The van der Waals surface area contributed by atoms with E-state index in [0.717, 1.165) is 38.9 Å². The third-order valence-electron chi connectivity index (χ3n) is 6.55. The summed E-state index contributed by atoms with van der Waals surface area (Å²) in [5.41, 5.74) is 2.75. The minimum atomic E-state index is 0. The third kappa shape index (κ3) is 6.85. The SMILES string of the molecule is CN(CCc1ccccc1)CCN(C)C(=O)CC1(c2ccccc2)CCCCC1.Cl. The second-order valence-corrected chi connectivity index (χ2v) is 8.74. The molecule has 0 N–H and O–H groups in total. The molecule has 2 aromatic carbocycles. The van der Waals surface area contributed by atoms with Gasteiger partial charge in [-0.1, -0.05) is 79.9 Å². The van der Waals surface area contributed by atoms with E-state index in [1.165, 1.54) is 30.4 Å². The van der Waals surface area contributed by atoms with E-state index in [1.807, 2.05) is 11.9 Å². The summed E-state index contributed by atoms with van der Waals surface area (Å²) in [5, 5.41) is 0. The summed E-state index contributed by atoms with van der Waals surface area (Å²) in [4.78, 5) is 17.4. The second-order valence-electron chi connectivity index (χ2n) is 8.74. The first kappa shape index (κ1) is 24.4. The number of carbonyl (C=O) groups is 1. The lowest BCUT2D eigenvalue weighted by atomic mass is 9.67. The Morgan fingerprint density at radius 2 is 1.43 bits per heavy atom. The van der Waals surface area contributed by atoms with Gasteiger partial charge in [-0.05, 0) is 37.4 Å². The average Bonchev–Trinajstić information content (AvgIpc) is 2.78. The minimum Gasteiger partial charge on any atom is -0.344 e. The van der Waals surface area contributed by atoms with Gasteiger partial charge in [0.05, 0.1) is 0 Å². The fourth-order valence-corrected chi connectivity index (χ4v) is 4.53. The largest absolute Gasteiger partial charge is 0.344 e. The van der Waals surface area contributed by atoms with Crippen LogP contribution >= 0.6 is 12.4 Å². The molecule has 1 aliphatic rings. The second kappa shape index (κ2) is 12.1. The zero-order valence-electron chi connectivity index (χ0n) is 18.6. The number of amides is 1. The van der Waals surface area contributed by atoms with Crippen molar-refractivity contribution in [2.45, 2.75) is 50.4 Å². The van der Waals surface area contributed by atoms with E-state index in [0.29, 0.717) is 6.42 Å². The van der Waals surface area contributed by atoms with E-state index in [4.69, 9.17) is 0 Å². The number of hydrogen-bond acceptors (Lipinski definition) is 2. The van der Waals surface area contributed by atoms with Crippen LogP contribution in [0.15, 0.2) is 60.7 Å². The molecule has 164 valence electrons. The van der Waals surface area contributed by atoms with Crippen LogP contribution in [-0.4, -0.2) is 49.4 Å². The Morgan fingerprint density at radius 1 is 0.833 bits per heavy atom. The zero-order chi connectivity index (χ0) is 20.5. The zero-order valence-corrected chi connectivity index (χ0v) is 19.4. The molecule has 1 fully saturated rings. The summed E-state index contributed by atoms with van der Waals surface area (Å²) in [5.74, 6) is 0.284. The normalized spacial score (nSPS) is 15.4. The van der Waals surface area contributed by atoms with Crippen LogP contribution in [0, 0.1) is 0 Å². The Labute approximate surface area is 188 Å². The molecule has 2 aromatic rings. The van der Waals surface area contributed by atoms with Gasteiger partial charge in [-0.2, -0.15) is 0 Å². The van der Waals surface area contributed by atoms with Gasteiger partial charge in [-0.15, -0.1) is 12.4 Å². The topological polar surface area (TPSA) is 23.6 Å².